The van der Waals surface area contributed by atoms with Crippen LogP contribution in [0, 0.1) is 10.1 Å². The van der Waals surface area contributed by atoms with E-state index in [2.05, 4.69) is 15.3 Å². The number of rotatable bonds is 6. The SMILES string of the molecule is CC(OC(=O)c1ccc2nc(Cl)ccc2c1)C(=O)Nc1nc(-c2cccc([N+](=O)[O-])c2)cs1. The Morgan fingerprint density at radius 1 is 1.15 bits per heavy atom. The zero-order chi connectivity index (χ0) is 23.5. The Hall–Kier alpha value is -3.89. The molecule has 0 aliphatic heterocycles. The highest BCUT2D eigenvalue weighted by molar-refractivity contribution is 7.14. The summed E-state index contributed by atoms with van der Waals surface area (Å²) in [5.41, 5.74) is 1.88. The van der Waals surface area contributed by atoms with Crippen LogP contribution in [-0.4, -0.2) is 32.9 Å². The van der Waals surface area contributed by atoms with Gasteiger partial charge in [0.1, 0.15) is 5.15 Å². The highest BCUT2D eigenvalue weighted by Gasteiger charge is 2.21. The molecule has 4 rings (SSSR count). The van der Waals surface area contributed by atoms with Crippen LogP contribution in [0.3, 0.4) is 0 Å². The van der Waals surface area contributed by atoms with Gasteiger partial charge in [0.25, 0.3) is 11.6 Å². The van der Waals surface area contributed by atoms with Crippen LogP contribution in [0.2, 0.25) is 5.15 Å². The van der Waals surface area contributed by atoms with E-state index in [1.54, 1.807) is 47.8 Å². The Balaban J connectivity index is 1.41. The number of hydrogen-bond donors (Lipinski definition) is 1. The highest BCUT2D eigenvalue weighted by Crippen LogP contribution is 2.27. The fraction of sp³-hybridized carbons (Fsp3) is 0.0909. The van der Waals surface area contributed by atoms with Gasteiger partial charge >= 0.3 is 5.97 Å². The van der Waals surface area contributed by atoms with Crippen LogP contribution < -0.4 is 5.32 Å². The van der Waals surface area contributed by atoms with Crippen molar-refractivity contribution in [2.45, 2.75) is 13.0 Å². The molecule has 0 saturated heterocycles. The number of non-ortho nitro benzene ring substituents is 1. The number of anilines is 1. The average molecular weight is 483 g/mol. The minimum absolute atomic E-state index is 0.0563. The van der Waals surface area contributed by atoms with Crippen LogP contribution >= 0.6 is 22.9 Å². The molecule has 0 fully saturated rings. The van der Waals surface area contributed by atoms with Gasteiger partial charge in [-0.2, -0.15) is 0 Å². The lowest BCUT2D eigenvalue weighted by molar-refractivity contribution is -0.384. The minimum atomic E-state index is -1.08. The smallest absolute Gasteiger partial charge is 0.338 e. The van der Waals surface area contributed by atoms with Crippen molar-refractivity contribution >= 4 is 56.5 Å². The molecule has 0 saturated carbocycles. The molecule has 2 heterocycles. The summed E-state index contributed by atoms with van der Waals surface area (Å²) in [6.07, 6.45) is -1.08. The van der Waals surface area contributed by atoms with Crippen molar-refractivity contribution in [3.8, 4) is 11.3 Å². The van der Waals surface area contributed by atoms with Gasteiger partial charge in [-0.3, -0.25) is 20.2 Å². The van der Waals surface area contributed by atoms with Gasteiger partial charge in [0.2, 0.25) is 0 Å². The van der Waals surface area contributed by atoms with Gasteiger partial charge in [0.15, 0.2) is 11.2 Å². The van der Waals surface area contributed by atoms with E-state index in [0.29, 0.717) is 27.3 Å². The fourth-order valence-electron chi connectivity index (χ4n) is 2.96. The van der Waals surface area contributed by atoms with Gasteiger partial charge in [-0.1, -0.05) is 23.7 Å². The number of nitro benzene ring substituents is 1. The molecule has 0 radical (unpaired) electrons. The van der Waals surface area contributed by atoms with E-state index in [4.69, 9.17) is 16.3 Å². The number of pyridine rings is 1. The third-order valence-electron chi connectivity index (χ3n) is 4.63. The van der Waals surface area contributed by atoms with E-state index >= 15 is 0 Å². The minimum Gasteiger partial charge on any atom is -0.449 e. The molecule has 0 spiro atoms. The number of nitrogens with one attached hydrogen (secondary N) is 1. The molecule has 2 aromatic carbocycles. The van der Waals surface area contributed by atoms with Crippen molar-refractivity contribution in [1.82, 2.24) is 9.97 Å². The Labute approximate surface area is 196 Å². The number of thiazole rings is 1. The molecule has 33 heavy (non-hydrogen) atoms. The van der Waals surface area contributed by atoms with Crippen molar-refractivity contribution in [2.24, 2.45) is 0 Å². The molecule has 1 amide bonds. The molecule has 11 heteroatoms. The number of nitrogens with zero attached hydrogens (tertiary/aromatic N) is 3. The summed E-state index contributed by atoms with van der Waals surface area (Å²) >= 11 is 7.02. The molecule has 4 aromatic rings. The molecule has 1 unspecified atom stereocenters. The number of halogens is 1. The Kier molecular flexibility index (Phi) is 6.29. The number of nitro groups is 1. The second-order valence-electron chi connectivity index (χ2n) is 6.92. The number of esters is 1. The number of hydrogen-bond acceptors (Lipinski definition) is 8. The highest BCUT2D eigenvalue weighted by atomic mass is 35.5. The van der Waals surface area contributed by atoms with Gasteiger partial charge in [-0.25, -0.2) is 14.8 Å². The monoisotopic (exact) mass is 482 g/mol. The number of benzene rings is 2. The van der Waals surface area contributed by atoms with Crippen LogP contribution in [0.15, 0.2) is 60.0 Å². The molecule has 2 aromatic heterocycles. The van der Waals surface area contributed by atoms with Crippen LogP contribution in [0.5, 0.6) is 0 Å². The predicted octanol–water partition coefficient (Wildman–Crippen LogP) is 5.10. The first kappa shape index (κ1) is 22.3. The number of fused-ring (bicyclic) bond motifs is 1. The molecule has 9 nitrogen and oxygen atoms in total. The molecule has 1 N–H and O–H groups in total. The molecule has 1 atom stereocenters. The molecule has 0 aliphatic rings. The maximum absolute atomic E-state index is 12.5. The second kappa shape index (κ2) is 9.31. The van der Waals surface area contributed by atoms with Crippen LogP contribution in [-0.2, 0) is 9.53 Å². The first-order chi connectivity index (χ1) is 15.8. The standard InChI is InChI=1S/C22H15ClN4O5S/c1-12(32-21(29)15-5-7-17-14(9-15)6-8-19(23)24-17)20(28)26-22-25-18(11-33-22)13-3-2-4-16(10-13)27(30)31/h2-12H,1H3,(H,25,26,28). The van der Waals surface area contributed by atoms with E-state index < -0.39 is 22.9 Å². The van der Waals surface area contributed by atoms with Crippen molar-refractivity contribution in [3.05, 3.63) is 80.8 Å². The normalized spacial score (nSPS) is 11.7. The number of carbonyl (C=O) groups is 2. The van der Waals surface area contributed by atoms with Gasteiger partial charge in [0.05, 0.1) is 21.7 Å². The summed E-state index contributed by atoms with van der Waals surface area (Å²) < 4.78 is 5.28. The maximum atomic E-state index is 12.5. The van der Waals surface area contributed by atoms with E-state index in [9.17, 15) is 19.7 Å². The maximum Gasteiger partial charge on any atom is 0.338 e. The summed E-state index contributed by atoms with van der Waals surface area (Å²) in [5.74, 6) is -1.22. The number of carbonyl (C=O) groups excluding carboxylic acids is 2. The van der Waals surface area contributed by atoms with E-state index in [-0.39, 0.29) is 16.4 Å². The zero-order valence-corrected chi connectivity index (χ0v) is 18.6. The third-order valence-corrected chi connectivity index (χ3v) is 5.60. The Bertz CT molecular complexity index is 1390. The lowest BCUT2D eigenvalue weighted by Crippen LogP contribution is -2.30. The van der Waals surface area contributed by atoms with Gasteiger partial charge < -0.3 is 4.74 Å². The largest absolute Gasteiger partial charge is 0.449 e. The van der Waals surface area contributed by atoms with Gasteiger partial charge in [-0.15, -0.1) is 11.3 Å². The van der Waals surface area contributed by atoms with E-state index in [1.807, 2.05) is 0 Å². The Morgan fingerprint density at radius 3 is 2.76 bits per heavy atom. The van der Waals surface area contributed by atoms with Crippen LogP contribution in [0.1, 0.15) is 17.3 Å². The average Bonchev–Trinajstić information content (AvgIpc) is 3.27. The van der Waals surface area contributed by atoms with Crippen molar-refractivity contribution in [3.63, 3.8) is 0 Å². The number of amides is 1. The van der Waals surface area contributed by atoms with E-state index in [0.717, 1.165) is 11.3 Å². The predicted molar refractivity (Wildman–Crippen MR) is 124 cm³/mol. The number of aromatic nitrogens is 2. The van der Waals surface area contributed by atoms with Crippen molar-refractivity contribution < 1.29 is 19.2 Å². The number of ether oxygens (including phenoxy) is 1. The van der Waals surface area contributed by atoms with E-state index in [1.165, 1.54) is 19.1 Å². The molecular formula is C22H15ClN4O5S. The quantitative estimate of drug-likeness (QED) is 0.175. The molecular weight excluding hydrogens is 468 g/mol. The second-order valence-corrected chi connectivity index (χ2v) is 8.17. The van der Waals surface area contributed by atoms with Gasteiger partial charge in [0, 0.05) is 28.5 Å². The zero-order valence-electron chi connectivity index (χ0n) is 17.0. The fourth-order valence-corrected chi connectivity index (χ4v) is 3.84. The van der Waals surface area contributed by atoms with Gasteiger partial charge in [-0.05, 0) is 37.3 Å². The first-order valence-electron chi connectivity index (χ1n) is 9.58. The summed E-state index contributed by atoms with van der Waals surface area (Å²) in [6.45, 7) is 1.45. The molecule has 0 bridgehead atoms. The summed E-state index contributed by atoms with van der Waals surface area (Å²) in [7, 11) is 0. The summed E-state index contributed by atoms with van der Waals surface area (Å²) in [4.78, 5) is 43.9. The topological polar surface area (TPSA) is 124 Å². The molecule has 0 aliphatic carbocycles. The Morgan fingerprint density at radius 2 is 1.97 bits per heavy atom. The van der Waals surface area contributed by atoms with Crippen LogP contribution in [0.4, 0.5) is 10.8 Å². The summed E-state index contributed by atoms with van der Waals surface area (Å²) in [5, 5.41) is 16.6. The summed E-state index contributed by atoms with van der Waals surface area (Å²) in [6, 6.07) is 14.2. The van der Waals surface area contributed by atoms with Crippen molar-refractivity contribution in [1.29, 1.82) is 0 Å². The van der Waals surface area contributed by atoms with Crippen molar-refractivity contribution in [2.75, 3.05) is 5.32 Å². The third kappa shape index (κ3) is 5.13. The lowest BCUT2D eigenvalue weighted by Gasteiger charge is -2.12. The first-order valence-corrected chi connectivity index (χ1v) is 10.8. The van der Waals surface area contributed by atoms with Crippen LogP contribution in [0.25, 0.3) is 22.2 Å². The molecule has 166 valence electrons. The lowest BCUT2D eigenvalue weighted by atomic mass is 10.1.